The van der Waals surface area contributed by atoms with Crippen molar-refractivity contribution in [2.75, 3.05) is 29.9 Å². The Hall–Kier alpha value is -3.40. The molecule has 0 spiro atoms. The van der Waals surface area contributed by atoms with Gasteiger partial charge in [0, 0.05) is 50.6 Å². The molecule has 0 saturated carbocycles. The molecule has 1 atom stereocenters. The molecule has 2 N–H and O–H groups in total. The van der Waals surface area contributed by atoms with Gasteiger partial charge in [0.05, 0.1) is 22.5 Å². The van der Waals surface area contributed by atoms with Crippen molar-refractivity contribution in [1.82, 2.24) is 9.88 Å². The van der Waals surface area contributed by atoms with Gasteiger partial charge in [-0.05, 0) is 31.6 Å². The van der Waals surface area contributed by atoms with E-state index in [4.69, 9.17) is 0 Å². The van der Waals surface area contributed by atoms with Crippen LogP contribution in [0.3, 0.4) is 0 Å². The first-order valence-electron chi connectivity index (χ1n) is 10.7. The second-order valence-corrected chi connectivity index (χ2v) is 8.10. The molecule has 10 heteroatoms. The first-order valence-corrected chi connectivity index (χ1v) is 10.7. The highest BCUT2D eigenvalue weighted by Crippen LogP contribution is 2.35. The molecule has 1 aliphatic rings. The minimum atomic E-state index is -4.91. The number of aryl methyl sites for hydroxylation is 1. The van der Waals surface area contributed by atoms with Crippen molar-refractivity contribution in [2.24, 2.45) is 7.05 Å². The molecule has 1 aromatic heterocycles. The van der Waals surface area contributed by atoms with Crippen molar-refractivity contribution in [3.8, 4) is 0 Å². The van der Waals surface area contributed by atoms with Crippen molar-refractivity contribution in [2.45, 2.75) is 26.1 Å². The van der Waals surface area contributed by atoms with E-state index in [2.05, 4.69) is 17.2 Å². The third-order valence-corrected chi connectivity index (χ3v) is 5.66. The highest BCUT2D eigenvalue weighted by atomic mass is 19.4. The van der Waals surface area contributed by atoms with Gasteiger partial charge in [0.2, 0.25) is 0 Å². The van der Waals surface area contributed by atoms with Gasteiger partial charge in [-0.2, -0.15) is 13.2 Å². The predicted octanol–water partition coefficient (Wildman–Crippen LogP) is 4.18. The Morgan fingerprint density at radius 2 is 1.97 bits per heavy atom. The molecule has 0 bridgehead atoms. The number of hydrogen-bond donors (Lipinski definition) is 2. The number of alkyl halides is 3. The smallest absolute Gasteiger partial charge is 0.367 e. The number of carbonyl (C=O) groups is 1. The number of nitrogens with one attached hydrogen (secondary N) is 2. The lowest BCUT2D eigenvalue weighted by Crippen LogP contribution is -2.49. The average Bonchev–Trinajstić information content (AvgIpc) is 2.77. The van der Waals surface area contributed by atoms with Gasteiger partial charge in [-0.15, -0.1) is 0 Å². The summed E-state index contributed by atoms with van der Waals surface area (Å²) in [6, 6.07) is 3.13. The molecule has 1 aliphatic heterocycles. The standard InChI is InChI=1S/C24H26F4N4O2/c1-5-15(6-2)16-9-20(21(11-19(16)25)32-8-7-29-14(3)12-32)30-23(34)17-13-31(4)22(33)10-18(17)24(26,27)28/h5-6,9-11,13-14,29H,1,7-8,12H2,2-4H3,(H,30,34)/b15-6+/t14-/m0/s1. The third kappa shape index (κ3) is 5.22. The minimum Gasteiger partial charge on any atom is -0.367 e. The second-order valence-electron chi connectivity index (χ2n) is 8.10. The summed E-state index contributed by atoms with van der Waals surface area (Å²) < 4.78 is 56.7. The van der Waals surface area contributed by atoms with E-state index in [1.165, 1.54) is 25.3 Å². The fourth-order valence-electron chi connectivity index (χ4n) is 3.92. The van der Waals surface area contributed by atoms with Gasteiger partial charge in [0.25, 0.3) is 11.5 Å². The Labute approximate surface area is 194 Å². The first-order chi connectivity index (χ1) is 16.0. The Bertz CT molecular complexity index is 1200. The molecule has 0 radical (unpaired) electrons. The van der Waals surface area contributed by atoms with Crippen LogP contribution in [-0.2, 0) is 13.2 Å². The SMILES string of the molecule is C=C/C(=C\C)c1cc(NC(=O)c2cn(C)c(=O)cc2C(F)(F)F)c(N2CCN[C@@H](C)C2)cc1F. The third-order valence-electron chi connectivity index (χ3n) is 5.66. The zero-order valence-electron chi connectivity index (χ0n) is 19.1. The van der Waals surface area contributed by atoms with E-state index in [1.807, 2.05) is 11.8 Å². The van der Waals surface area contributed by atoms with Gasteiger partial charge in [-0.1, -0.05) is 18.7 Å². The molecule has 1 amide bonds. The minimum absolute atomic E-state index is 0.0831. The normalized spacial score (nSPS) is 17.0. The van der Waals surface area contributed by atoms with Crippen LogP contribution in [0.2, 0.25) is 0 Å². The van der Waals surface area contributed by atoms with E-state index in [-0.39, 0.29) is 17.3 Å². The molecule has 0 aliphatic carbocycles. The predicted molar refractivity (Wildman–Crippen MR) is 125 cm³/mol. The van der Waals surface area contributed by atoms with Gasteiger partial charge in [-0.25, -0.2) is 4.39 Å². The molecule has 3 rings (SSSR count). The van der Waals surface area contributed by atoms with Crippen LogP contribution in [-0.4, -0.2) is 36.2 Å². The number of amides is 1. The number of anilines is 2. The van der Waals surface area contributed by atoms with Crippen LogP contribution in [0.5, 0.6) is 0 Å². The number of benzene rings is 1. The van der Waals surface area contributed by atoms with Gasteiger partial charge in [0.15, 0.2) is 0 Å². The summed E-state index contributed by atoms with van der Waals surface area (Å²) in [5, 5.41) is 5.79. The number of piperazine rings is 1. The zero-order valence-corrected chi connectivity index (χ0v) is 19.1. The van der Waals surface area contributed by atoms with E-state index >= 15 is 4.39 Å². The van der Waals surface area contributed by atoms with Gasteiger partial charge < -0.3 is 20.1 Å². The molecule has 1 fully saturated rings. The maximum Gasteiger partial charge on any atom is 0.417 e. The fourth-order valence-corrected chi connectivity index (χ4v) is 3.92. The number of hydrogen-bond acceptors (Lipinski definition) is 4. The van der Waals surface area contributed by atoms with Gasteiger partial charge >= 0.3 is 6.18 Å². The summed E-state index contributed by atoms with van der Waals surface area (Å²) >= 11 is 0. The van der Waals surface area contributed by atoms with Crippen molar-refractivity contribution in [1.29, 1.82) is 0 Å². The molecular formula is C24H26F4N4O2. The number of aromatic nitrogens is 1. The molecule has 6 nitrogen and oxygen atoms in total. The van der Waals surface area contributed by atoms with Crippen molar-refractivity contribution < 1.29 is 22.4 Å². The van der Waals surface area contributed by atoms with Crippen molar-refractivity contribution in [3.63, 3.8) is 0 Å². The number of carbonyl (C=O) groups excluding carboxylic acids is 1. The van der Waals surface area contributed by atoms with Crippen LogP contribution in [0.15, 0.2) is 47.9 Å². The molecular weight excluding hydrogens is 452 g/mol. The lowest BCUT2D eigenvalue weighted by molar-refractivity contribution is -0.138. The lowest BCUT2D eigenvalue weighted by Gasteiger charge is -2.35. The number of nitrogens with zero attached hydrogens (tertiary/aromatic N) is 2. The number of rotatable bonds is 5. The summed E-state index contributed by atoms with van der Waals surface area (Å²) in [7, 11) is 1.26. The van der Waals surface area contributed by atoms with Crippen LogP contribution < -0.4 is 21.1 Å². The Morgan fingerprint density at radius 1 is 1.26 bits per heavy atom. The summed E-state index contributed by atoms with van der Waals surface area (Å²) in [5.74, 6) is -1.61. The van der Waals surface area contributed by atoms with E-state index in [0.717, 1.165) is 10.8 Å². The van der Waals surface area contributed by atoms with E-state index in [1.54, 1.807) is 13.0 Å². The lowest BCUT2D eigenvalue weighted by atomic mass is 10.0. The van der Waals surface area contributed by atoms with E-state index < -0.39 is 34.6 Å². The number of halogens is 4. The second kappa shape index (κ2) is 9.84. The topological polar surface area (TPSA) is 66.4 Å². The summed E-state index contributed by atoms with van der Waals surface area (Å²) in [6.07, 6.45) is -0.978. The Kier molecular flexibility index (Phi) is 7.30. The van der Waals surface area contributed by atoms with Gasteiger partial charge in [-0.3, -0.25) is 9.59 Å². The van der Waals surface area contributed by atoms with Crippen LogP contribution in [0.4, 0.5) is 28.9 Å². The maximum atomic E-state index is 15.1. The molecule has 2 aromatic rings. The quantitative estimate of drug-likeness (QED) is 0.500. The van der Waals surface area contributed by atoms with Crippen LogP contribution in [0.1, 0.15) is 35.3 Å². The van der Waals surface area contributed by atoms with Crippen LogP contribution >= 0.6 is 0 Å². The number of allylic oxidation sites excluding steroid dienone is 3. The van der Waals surface area contributed by atoms with E-state index in [9.17, 15) is 22.8 Å². The highest BCUT2D eigenvalue weighted by Gasteiger charge is 2.36. The van der Waals surface area contributed by atoms with E-state index in [0.29, 0.717) is 37.0 Å². The fraction of sp³-hybridized carbons (Fsp3) is 0.333. The summed E-state index contributed by atoms with van der Waals surface area (Å²) in [6.45, 7) is 8.95. The molecule has 0 unspecified atom stereocenters. The molecule has 34 heavy (non-hydrogen) atoms. The maximum absolute atomic E-state index is 15.1. The molecule has 182 valence electrons. The summed E-state index contributed by atoms with van der Waals surface area (Å²) in [5.41, 5.74) is -1.84. The number of pyridine rings is 1. The average molecular weight is 478 g/mol. The van der Waals surface area contributed by atoms with Crippen LogP contribution in [0, 0.1) is 5.82 Å². The van der Waals surface area contributed by atoms with Gasteiger partial charge in [0.1, 0.15) is 5.82 Å². The first kappa shape index (κ1) is 25.2. The molecule has 1 saturated heterocycles. The highest BCUT2D eigenvalue weighted by molar-refractivity contribution is 6.07. The van der Waals surface area contributed by atoms with Crippen LogP contribution in [0.25, 0.3) is 5.57 Å². The largest absolute Gasteiger partial charge is 0.417 e. The zero-order chi connectivity index (χ0) is 25.2. The summed E-state index contributed by atoms with van der Waals surface area (Å²) in [4.78, 5) is 26.7. The Morgan fingerprint density at radius 3 is 2.56 bits per heavy atom. The molecule has 2 heterocycles. The molecule has 1 aromatic carbocycles. The van der Waals surface area contributed by atoms with Crippen molar-refractivity contribution in [3.05, 3.63) is 76.0 Å². The monoisotopic (exact) mass is 478 g/mol. The Balaban J connectivity index is 2.13. The van der Waals surface area contributed by atoms with Crippen molar-refractivity contribution >= 4 is 22.9 Å².